The van der Waals surface area contributed by atoms with Crippen LogP contribution < -0.4 is 26.6 Å². The Bertz CT molecular complexity index is 1270. The molecule has 3 amide bonds. The number of carbonyl (C=O) groups excluding carboxylic acids is 2. The molecule has 0 radical (unpaired) electrons. The summed E-state index contributed by atoms with van der Waals surface area (Å²) in [7, 11) is 0. The molecule has 0 aliphatic carbocycles. The predicted molar refractivity (Wildman–Crippen MR) is 154 cm³/mol. The highest BCUT2D eigenvalue weighted by atomic mass is 16.2. The second-order valence-corrected chi connectivity index (χ2v) is 10.0. The first kappa shape index (κ1) is 26.4. The van der Waals surface area contributed by atoms with Crippen molar-refractivity contribution in [3.8, 4) is 11.3 Å². The number of urea groups is 1. The molecule has 5 rings (SSSR count). The fourth-order valence-electron chi connectivity index (χ4n) is 4.78. The van der Waals surface area contributed by atoms with Crippen LogP contribution in [0.4, 0.5) is 22.1 Å². The maximum atomic E-state index is 13.1. The van der Waals surface area contributed by atoms with Crippen LogP contribution in [0.3, 0.4) is 0 Å². The van der Waals surface area contributed by atoms with Crippen LogP contribution in [0.1, 0.15) is 41.6 Å². The van der Waals surface area contributed by atoms with E-state index in [4.69, 9.17) is 10.7 Å². The van der Waals surface area contributed by atoms with Crippen LogP contribution in [0.25, 0.3) is 11.3 Å². The lowest BCUT2D eigenvalue weighted by Gasteiger charge is -2.33. The van der Waals surface area contributed by atoms with Crippen LogP contribution in [0.5, 0.6) is 0 Å². The summed E-state index contributed by atoms with van der Waals surface area (Å²) >= 11 is 0. The molecular weight excluding hydrogens is 492 g/mol. The third-order valence-electron chi connectivity index (χ3n) is 7.18. The number of nitrogen functional groups attached to an aromatic ring is 1. The van der Waals surface area contributed by atoms with E-state index in [1.165, 1.54) is 19.3 Å². The van der Waals surface area contributed by atoms with Crippen LogP contribution in [-0.2, 0) is 6.54 Å². The quantitative estimate of drug-likeness (QED) is 0.335. The van der Waals surface area contributed by atoms with Crippen molar-refractivity contribution < 1.29 is 9.59 Å². The van der Waals surface area contributed by atoms with Gasteiger partial charge in [0.15, 0.2) is 0 Å². The van der Waals surface area contributed by atoms with Gasteiger partial charge in [-0.25, -0.2) is 14.8 Å². The van der Waals surface area contributed by atoms with Crippen molar-refractivity contribution in [3.63, 3.8) is 0 Å². The summed E-state index contributed by atoms with van der Waals surface area (Å²) in [5, 5.41) is 8.74. The molecule has 4 heterocycles. The zero-order chi connectivity index (χ0) is 27.0. The molecule has 10 heteroatoms. The van der Waals surface area contributed by atoms with Gasteiger partial charge in [-0.1, -0.05) is 24.6 Å². The minimum atomic E-state index is -0.312. The molecule has 5 N–H and O–H groups in total. The standard InChI is InChI=1S/C29H36N8O2/c30-26-12-5-21(19-32-26)20-33-29(39)34-23-8-6-22(7-9-23)25-11-10-24(27(35-25)37-16-4-17-37)28(38)31-13-18-36-14-2-1-3-15-36/h5-12,19H,1-4,13-18,20H2,(H2,30,32)(H,31,38)(H2,33,34,39). The fraction of sp³-hybridized carbons (Fsp3) is 0.379. The minimum absolute atomic E-state index is 0.0757. The topological polar surface area (TPSA) is 129 Å². The minimum Gasteiger partial charge on any atom is -0.384 e. The van der Waals surface area contributed by atoms with Gasteiger partial charge < -0.3 is 31.5 Å². The van der Waals surface area contributed by atoms with Crippen molar-refractivity contribution in [1.29, 1.82) is 0 Å². The summed E-state index contributed by atoms with van der Waals surface area (Å²) in [5.41, 5.74) is 9.43. The van der Waals surface area contributed by atoms with Crippen molar-refractivity contribution in [2.45, 2.75) is 32.2 Å². The maximum Gasteiger partial charge on any atom is 0.319 e. The Morgan fingerprint density at radius 1 is 0.872 bits per heavy atom. The first-order chi connectivity index (χ1) is 19.0. The van der Waals surface area contributed by atoms with Gasteiger partial charge in [0.25, 0.3) is 5.91 Å². The lowest BCUT2D eigenvalue weighted by atomic mass is 10.1. The molecule has 0 atom stereocenters. The van der Waals surface area contributed by atoms with Gasteiger partial charge in [0.2, 0.25) is 0 Å². The summed E-state index contributed by atoms with van der Waals surface area (Å²) in [5.74, 6) is 1.09. The highest BCUT2D eigenvalue weighted by Crippen LogP contribution is 2.28. The first-order valence-electron chi connectivity index (χ1n) is 13.7. The van der Waals surface area contributed by atoms with Gasteiger partial charge in [-0.3, -0.25) is 4.79 Å². The number of anilines is 3. The number of benzene rings is 1. The Morgan fingerprint density at radius 3 is 2.36 bits per heavy atom. The average Bonchev–Trinajstić information content (AvgIpc) is 2.93. The second-order valence-electron chi connectivity index (χ2n) is 10.0. The summed E-state index contributed by atoms with van der Waals surface area (Å²) < 4.78 is 0. The number of pyridine rings is 2. The van der Waals surface area contributed by atoms with Gasteiger partial charge in [0.05, 0.1) is 11.3 Å². The maximum absolute atomic E-state index is 13.1. The third kappa shape index (κ3) is 7.02. The summed E-state index contributed by atoms with van der Waals surface area (Å²) in [6.45, 7) is 5.89. The number of carbonyl (C=O) groups is 2. The number of rotatable bonds is 9. The first-order valence-corrected chi connectivity index (χ1v) is 13.7. The zero-order valence-electron chi connectivity index (χ0n) is 22.2. The molecule has 39 heavy (non-hydrogen) atoms. The SMILES string of the molecule is Nc1ccc(CNC(=O)Nc2ccc(-c3ccc(C(=O)NCCN4CCCCC4)c(N4CCC4)n3)cc2)cn1. The largest absolute Gasteiger partial charge is 0.384 e. The van der Waals surface area contributed by atoms with Gasteiger partial charge >= 0.3 is 6.03 Å². The van der Waals surface area contributed by atoms with E-state index in [1.807, 2.05) is 42.5 Å². The lowest BCUT2D eigenvalue weighted by molar-refractivity contribution is 0.0946. The Kier molecular flexibility index (Phi) is 8.52. The highest BCUT2D eigenvalue weighted by Gasteiger charge is 2.23. The number of nitrogens with zero attached hydrogens (tertiary/aromatic N) is 4. The van der Waals surface area contributed by atoms with E-state index < -0.39 is 0 Å². The van der Waals surface area contributed by atoms with Gasteiger partial charge in [-0.05, 0) is 68.2 Å². The van der Waals surface area contributed by atoms with Gasteiger partial charge in [-0.2, -0.15) is 0 Å². The molecule has 204 valence electrons. The molecule has 2 aromatic heterocycles. The molecule has 2 aliphatic heterocycles. The monoisotopic (exact) mass is 528 g/mol. The number of piperidine rings is 1. The number of hydrogen-bond donors (Lipinski definition) is 4. The van der Waals surface area contributed by atoms with Crippen molar-refractivity contribution in [1.82, 2.24) is 25.5 Å². The van der Waals surface area contributed by atoms with E-state index in [9.17, 15) is 9.59 Å². The fourth-order valence-corrected chi connectivity index (χ4v) is 4.78. The van der Waals surface area contributed by atoms with E-state index in [0.717, 1.165) is 61.8 Å². The average molecular weight is 529 g/mol. The predicted octanol–water partition coefficient (Wildman–Crippen LogP) is 3.47. The number of hydrogen-bond acceptors (Lipinski definition) is 7. The third-order valence-corrected chi connectivity index (χ3v) is 7.18. The zero-order valence-corrected chi connectivity index (χ0v) is 22.2. The summed E-state index contributed by atoms with van der Waals surface area (Å²) in [6, 6.07) is 14.5. The van der Waals surface area contributed by atoms with Crippen molar-refractivity contribution in [3.05, 3.63) is 65.9 Å². The molecular formula is C29H36N8O2. The van der Waals surface area contributed by atoms with E-state index in [1.54, 1.807) is 12.3 Å². The number of nitrogens with one attached hydrogen (secondary N) is 3. The molecule has 1 aromatic carbocycles. The molecule has 3 aromatic rings. The molecule has 0 bridgehead atoms. The highest BCUT2D eigenvalue weighted by molar-refractivity contribution is 5.99. The van der Waals surface area contributed by atoms with Gasteiger partial charge in [0.1, 0.15) is 11.6 Å². The second kappa shape index (κ2) is 12.6. The van der Waals surface area contributed by atoms with Crippen LogP contribution in [-0.4, -0.2) is 66.1 Å². The molecule has 2 aliphatic rings. The van der Waals surface area contributed by atoms with Gasteiger partial charge in [0, 0.05) is 50.2 Å². The molecule has 2 fully saturated rings. The normalized spacial score (nSPS) is 15.3. The Morgan fingerprint density at radius 2 is 1.67 bits per heavy atom. The summed E-state index contributed by atoms with van der Waals surface area (Å²) in [4.78, 5) is 38.8. The van der Waals surface area contributed by atoms with Crippen molar-refractivity contribution >= 4 is 29.3 Å². The smallest absolute Gasteiger partial charge is 0.319 e. The Labute approximate surface area is 229 Å². The number of likely N-dealkylation sites (tertiary alicyclic amines) is 1. The van der Waals surface area contributed by atoms with E-state index >= 15 is 0 Å². The molecule has 0 saturated carbocycles. The molecule has 0 unspecified atom stereocenters. The molecule has 10 nitrogen and oxygen atoms in total. The Hall–Kier alpha value is -4.18. The number of aromatic nitrogens is 2. The van der Waals surface area contributed by atoms with Gasteiger partial charge in [-0.15, -0.1) is 0 Å². The summed E-state index contributed by atoms with van der Waals surface area (Å²) in [6.07, 6.45) is 6.52. The van der Waals surface area contributed by atoms with E-state index in [-0.39, 0.29) is 11.9 Å². The Balaban J connectivity index is 1.19. The van der Waals surface area contributed by atoms with Crippen LogP contribution >= 0.6 is 0 Å². The molecule has 2 saturated heterocycles. The lowest BCUT2D eigenvalue weighted by Crippen LogP contribution is -2.41. The number of nitrogens with two attached hydrogens (primary N) is 1. The number of amides is 3. The van der Waals surface area contributed by atoms with Crippen LogP contribution in [0.2, 0.25) is 0 Å². The molecule has 0 spiro atoms. The van der Waals surface area contributed by atoms with Crippen molar-refractivity contribution in [2.75, 3.05) is 55.2 Å². The van der Waals surface area contributed by atoms with Crippen LogP contribution in [0.15, 0.2) is 54.7 Å². The van der Waals surface area contributed by atoms with E-state index in [2.05, 4.69) is 30.7 Å². The van der Waals surface area contributed by atoms with Crippen LogP contribution in [0, 0.1) is 0 Å². The van der Waals surface area contributed by atoms with E-state index in [0.29, 0.717) is 30.2 Å². The van der Waals surface area contributed by atoms with Crippen molar-refractivity contribution in [2.24, 2.45) is 0 Å².